The van der Waals surface area contributed by atoms with Gasteiger partial charge in [0.05, 0.1) is 18.8 Å². The highest BCUT2D eigenvalue weighted by Gasteiger charge is 2.11. The molecule has 21 heavy (non-hydrogen) atoms. The maximum absolute atomic E-state index is 11.9. The zero-order valence-electron chi connectivity index (χ0n) is 12.0. The summed E-state index contributed by atoms with van der Waals surface area (Å²) in [6.45, 7) is 3.49. The quantitative estimate of drug-likeness (QED) is 0.822. The monoisotopic (exact) mass is 305 g/mol. The van der Waals surface area contributed by atoms with Gasteiger partial charge in [-0.05, 0) is 6.54 Å². The number of rotatable bonds is 7. The Morgan fingerprint density at radius 2 is 2.14 bits per heavy atom. The molecule has 0 aliphatic rings. The van der Waals surface area contributed by atoms with E-state index in [-0.39, 0.29) is 19.1 Å². The average molecular weight is 305 g/mol. The van der Waals surface area contributed by atoms with Crippen molar-refractivity contribution in [2.75, 3.05) is 31.6 Å². The number of aliphatic hydroxyl groups excluding tert-OH is 1. The fraction of sp³-hybridized carbons (Fsp3) is 0.333. The van der Waals surface area contributed by atoms with Crippen LogP contribution in [0.3, 0.4) is 0 Å². The number of nitrogens with zero attached hydrogens (tertiary/aromatic N) is 2. The molecule has 0 aliphatic carbocycles. The van der Waals surface area contributed by atoms with Crippen molar-refractivity contribution in [2.45, 2.75) is 6.92 Å². The van der Waals surface area contributed by atoms with Crippen molar-refractivity contribution in [2.24, 2.45) is 0 Å². The minimum absolute atomic E-state index is 0.0521. The number of benzene rings is 1. The molecule has 2 aromatic rings. The van der Waals surface area contributed by atoms with Crippen molar-refractivity contribution in [1.82, 2.24) is 9.88 Å². The summed E-state index contributed by atoms with van der Waals surface area (Å²) >= 11 is 1.41. The minimum atomic E-state index is -0.112. The summed E-state index contributed by atoms with van der Waals surface area (Å²) in [5.74, 6) is -0.112. The van der Waals surface area contributed by atoms with Gasteiger partial charge in [0.15, 0.2) is 5.13 Å². The summed E-state index contributed by atoms with van der Waals surface area (Å²) in [5.41, 5.74) is 1.89. The van der Waals surface area contributed by atoms with E-state index in [1.54, 1.807) is 0 Å². The molecule has 2 rings (SSSR count). The topological polar surface area (TPSA) is 65.5 Å². The van der Waals surface area contributed by atoms with Gasteiger partial charge in [-0.15, -0.1) is 11.3 Å². The van der Waals surface area contributed by atoms with E-state index in [1.807, 2.05) is 47.5 Å². The van der Waals surface area contributed by atoms with Crippen LogP contribution in [0, 0.1) is 0 Å². The maximum atomic E-state index is 11.9. The number of anilines is 1. The van der Waals surface area contributed by atoms with Gasteiger partial charge in [-0.2, -0.15) is 0 Å². The molecule has 112 valence electrons. The maximum Gasteiger partial charge on any atom is 0.240 e. The van der Waals surface area contributed by atoms with Gasteiger partial charge in [-0.1, -0.05) is 37.3 Å². The molecule has 1 heterocycles. The highest BCUT2D eigenvalue weighted by molar-refractivity contribution is 7.14. The van der Waals surface area contributed by atoms with Crippen LogP contribution in [-0.4, -0.2) is 47.1 Å². The van der Waals surface area contributed by atoms with Crippen LogP contribution < -0.4 is 5.32 Å². The first-order chi connectivity index (χ1) is 10.2. The largest absolute Gasteiger partial charge is 0.395 e. The number of hydrogen-bond acceptors (Lipinski definition) is 5. The lowest BCUT2D eigenvalue weighted by Gasteiger charge is -2.17. The molecule has 0 spiro atoms. The van der Waals surface area contributed by atoms with E-state index in [0.29, 0.717) is 11.7 Å². The molecule has 5 nitrogen and oxygen atoms in total. The average Bonchev–Trinajstić information content (AvgIpc) is 2.96. The molecular weight excluding hydrogens is 286 g/mol. The van der Waals surface area contributed by atoms with E-state index in [2.05, 4.69) is 10.3 Å². The Balaban J connectivity index is 1.95. The van der Waals surface area contributed by atoms with Gasteiger partial charge in [-0.25, -0.2) is 4.98 Å². The summed E-state index contributed by atoms with van der Waals surface area (Å²) in [6, 6.07) is 9.85. The highest BCUT2D eigenvalue weighted by Crippen LogP contribution is 2.24. The molecule has 1 amide bonds. The summed E-state index contributed by atoms with van der Waals surface area (Å²) in [7, 11) is 0. The lowest BCUT2D eigenvalue weighted by Crippen LogP contribution is -2.35. The lowest BCUT2D eigenvalue weighted by molar-refractivity contribution is -0.117. The molecule has 6 heteroatoms. The lowest BCUT2D eigenvalue weighted by atomic mass is 10.2. The zero-order valence-corrected chi connectivity index (χ0v) is 12.8. The van der Waals surface area contributed by atoms with Gasteiger partial charge in [0.25, 0.3) is 0 Å². The van der Waals surface area contributed by atoms with Gasteiger partial charge in [0, 0.05) is 17.5 Å². The van der Waals surface area contributed by atoms with Gasteiger partial charge < -0.3 is 10.4 Å². The van der Waals surface area contributed by atoms with E-state index in [4.69, 9.17) is 5.11 Å². The minimum Gasteiger partial charge on any atom is -0.395 e. The summed E-state index contributed by atoms with van der Waals surface area (Å²) in [6.07, 6.45) is 0. The molecule has 2 N–H and O–H groups in total. The number of hydrogen-bond donors (Lipinski definition) is 2. The van der Waals surface area contributed by atoms with E-state index in [0.717, 1.165) is 17.8 Å². The first-order valence-electron chi connectivity index (χ1n) is 6.87. The third kappa shape index (κ3) is 4.63. The Morgan fingerprint density at radius 1 is 1.38 bits per heavy atom. The Morgan fingerprint density at radius 3 is 2.81 bits per heavy atom. The second kappa shape index (κ2) is 7.87. The van der Waals surface area contributed by atoms with Gasteiger partial charge in [-0.3, -0.25) is 9.69 Å². The normalized spacial score (nSPS) is 10.8. The van der Waals surface area contributed by atoms with Crippen LogP contribution in [0.5, 0.6) is 0 Å². The Hall–Kier alpha value is -1.76. The van der Waals surface area contributed by atoms with Crippen LogP contribution in [0.4, 0.5) is 5.13 Å². The molecule has 0 saturated carbocycles. The first-order valence-corrected chi connectivity index (χ1v) is 7.75. The third-order valence-corrected chi connectivity index (χ3v) is 3.81. The number of aliphatic hydroxyl groups is 1. The van der Waals surface area contributed by atoms with E-state index < -0.39 is 0 Å². The van der Waals surface area contributed by atoms with E-state index in [1.165, 1.54) is 11.3 Å². The summed E-state index contributed by atoms with van der Waals surface area (Å²) < 4.78 is 0. The molecular formula is C15H19N3O2S. The SMILES string of the molecule is CCN(CCO)CC(=O)Nc1nc(-c2ccccc2)cs1. The molecule has 0 aliphatic heterocycles. The highest BCUT2D eigenvalue weighted by atomic mass is 32.1. The predicted molar refractivity (Wildman–Crippen MR) is 85.4 cm³/mol. The summed E-state index contributed by atoms with van der Waals surface area (Å²) in [4.78, 5) is 18.2. The Bertz CT molecular complexity index is 571. The fourth-order valence-electron chi connectivity index (χ4n) is 1.92. The van der Waals surface area contributed by atoms with Gasteiger partial charge >= 0.3 is 0 Å². The zero-order chi connectivity index (χ0) is 15.1. The number of amides is 1. The second-order valence-corrected chi connectivity index (χ2v) is 5.40. The number of aromatic nitrogens is 1. The van der Waals surface area contributed by atoms with Crippen molar-refractivity contribution < 1.29 is 9.90 Å². The van der Waals surface area contributed by atoms with Crippen molar-refractivity contribution in [3.63, 3.8) is 0 Å². The Labute approximate surface area is 128 Å². The van der Waals surface area contributed by atoms with Crippen molar-refractivity contribution >= 4 is 22.4 Å². The molecule has 0 saturated heterocycles. The standard InChI is InChI=1S/C15H19N3O2S/c1-2-18(8-9-19)10-14(20)17-15-16-13(11-21-15)12-6-4-3-5-7-12/h3-7,11,19H,2,8-10H2,1H3,(H,16,17,20). The number of carbonyl (C=O) groups is 1. The molecule has 0 fully saturated rings. The van der Waals surface area contributed by atoms with Crippen LogP contribution in [0.15, 0.2) is 35.7 Å². The molecule has 0 atom stereocenters. The van der Waals surface area contributed by atoms with Gasteiger partial charge in [0.2, 0.25) is 5.91 Å². The van der Waals surface area contributed by atoms with Gasteiger partial charge in [0.1, 0.15) is 0 Å². The number of thiazole rings is 1. The van der Waals surface area contributed by atoms with Crippen LogP contribution in [-0.2, 0) is 4.79 Å². The Kier molecular flexibility index (Phi) is 5.86. The number of nitrogens with one attached hydrogen (secondary N) is 1. The molecule has 0 radical (unpaired) electrons. The third-order valence-electron chi connectivity index (χ3n) is 3.05. The number of carbonyl (C=O) groups excluding carboxylic acids is 1. The summed E-state index contributed by atoms with van der Waals surface area (Å²) in [5, 5.41) is 14.2. The van der Waals surface area contributed by atoms with Crippen LogP contribution in [0.1, 0.15) is 6.92 Å². The van der Waals surface area contributed by atoms with Crippen molar-refractivity contribution in [3.8, 4) is 11.3 Å². The van der Waals surface area contributed by atoms with Crippen molar-refractivity contribution in [1.29, 1.82) is 0 Å². The first kappa shape index (κ1) is 15.6. The molecule has 0 bridgehead atoms. The second-order valence-electron chi connectivity index (χ2n) is 4.54. The molecule has 1 aromatic carbocycles. The van der Waals surface area contributed by atoms with E-state index in [9.17, 15) is 4.79 Å². The van der Waals surface area contributed by atoms with Crippen LogP contribution >= 0.6 is 11.3 Å². The molecule has 0 unspecified atom stereocenters. The predicted octanol–water partition coefficient (Wildman–Crippen LogP) is 2.06. The molecule has 1 aromatic heterocycles. The van der Waals surface area contributed by atoms with Crippen molar-refractivity contribution in [3.05, 3.63) is 35.7 Å². The number of likely N-dealkylation sites (N-methyl/N-ethyl adjacent to an activating group) is 1. The van der Waals surface area contributed by atoms with Crippen LogP contribution in [0.2, 0.25) is 0 Å². The smallest absolute Gasteiger partial charge is 0.240 e. The van der Waals surface area contributed by atoms with Crippen LogP contribution in [0.25, 0.3) is 11.3 Å². The fourth-order valence-corrected chi connectivity index (χ4v) is 2.66. The van der Waals surface area contributed by atoms with E-state index >= 15 is 0 Å².